The standard InChI is InChI=1S/C6H12FNO.ClH/c1-9-6-2-5(7)3-8-4-6;/h5-6,8H,2-4H2,1H3;1H/t5-,6-;/m0./s1. The van der Waals surface area contributed by atoms with Crippen molar-refractivity contribution in [2.45, 2.75) is 18.7 Å². The molecule has 1 N–H and O–H groups in total. The Balaban J connectivity index is 0.000000810. The molecule has 2 nitrogen and oxygen atoms in total. The maximum Gasteiger partial charge on any atom is 0.115 e. The van der Waals surface area contributed by atoms with E-state index in [1.165, 1.54) is 0 Å². The summed E-state index contributed by atoms with van der Waals surface area (Å²) in [5, 5.41) is 2.94. The predicted molar refractivity (Wildman–Crippen MR) is 40.4 cm³/mol. The van der Waals surface area contributed by atoms with E-state index in [1.54, 1.807) is 7.11 Å². The van der Waals surface area contributed by atoms with Crippen molar-refractivity contribution in [3.05, 3.63) is 0 Å². The van der Waals surface area contributed by atoms with Crippen LogP contribution in [-0.2, 0) is 4.74 Å². The fraction of sp³-hybridized carbons (Fsp3) is 1.00. The quantitative estimate of drug-likeness (QED) is 0.626. The van der Waals surface area contributed by atoms with Crippen LogP contribution in [0.25, 0.3) is 0 Å². The molecule has 0 aromatic rings. The molecule has 0 amide bonds. The lowest BCUT2D eigenvalue weighted by Gasteiger charge is -2.23. The Morgan fingerprint density at radius 1 is 1.50 bits per heavy atom. The van der Waals surface area contributed by atoms with Gasteiger partial charge in [-0.2, -0.15) is 0 Å². The highest BCUT2D eigenvalue weighted by Gasteiger charge is 2.19. The highest BCUT2D eigenvalue weighted by atomic mass is 35.5. The van der Waals surface area contributed by atoms with Crippen molar-refractivity contribution >= 4 is 12.4 Å². The van der Waals surface area contributed by atoms with Crippen LogP contribution >= 0.6 is 12.4 Å². The number of rotatable bonds is 1. The number of hydrogen-bond acceptors (Lipinski definition) is 2. The van der Waals surface area contributed by atoms with Gasteiger partial charge in [-0.05, 0) is 0 Å². The lowest BCUT2D eigenvalue weighted by atomic mass is 10.1. The van der Waals surface area contributed by atoms with Crippen molar-refractivity contribution in [3.63, 3.8) is 0 Å². The number of ether oxygens (including phenoxy) is 1. The molecule has 0 radical (unpaired) electrons. The summed E-state index contributed by atoms with van der Waals surface area (Å²) in [4.78, 5) is 0. The zero-order valence-corrected chi connectivity index (χ0v) is 6.79. The molecule has 1 heterocycles. The first-order valence-electron chi connectivity index (χ1n) is 3.20. The minimum Gasteiger partial charge on any atom is -0.380 e. The summed E-state index contributed by atoms with van der Waals surface area (Å²) in [6, 6.07) is 0. The van der Waals surface area contributed by atoms with Gasteiger partial charge in [0, 0.05) is 26.6 Å². The van der Waals surface area contributed by atoms with E-state index in [0.717, 1.165) is 6.54 Å². The Kier molecular flexibility index (Phi) is 4.95. The topological polar surface area (TPSA) is 21.3 Å². The lowest BCUT2D eigenvalue weighted by Crippen LogP contribution is -2.41. The number of hydrogen-bond donors (Lipinski definition) is 1. The Labute approximate surface area is 66.5 Å². The van der Waals surface area contributed by atoms with Gasteiger partial charge in [-0.15, -0.1) is 12.4 Å². The Morgan fingerprint density at radius 2 is 2.20 bits per heavy atom. The van der Waals surface area contributed by atoms with Gasteiger partial charge in [0.2, 0.25) is 0 Å². The van der Waals surface area contributed by atoms with E-state index in [1.807, 2.05) is 0 Å². The van der Waals surface area contributed by atoms with Gasteiger partial charge in [0.15, 0.2) is 0 Å². The first-order chi connectivity index (χ1) is 4.33. The molecule has 10 heavy (non-hydrogen) atoms. The molecule has 0 bridgehead atoms. The van der Waals surface area contributed by atoms with Crippen molar-refractivity contribution in [2.75, 3.05) is 20.2 Å². The van der Waals surface area contributed by atoms with Crippen LogP contribution in [0.2, 0.25) is 0 Å². The molecule has 2 atom stereocenters. The van der Waals surface area contributed by atoms with E-state index < -0.39 is 6.17 Å². The third-order valence-electron chi connectivity index (χ3n) is 1.59. The summed E-state index contributed by atoms with van der Waals surface area (Å²) in [7, 11) is 1.62. The van der Waals surface area contributed by atoms with E-state index in [0.29, 0.717) is 13.0 Å². The maximum absolute atomic E-state index is 12.5. The van der Waals surface area contributed by atoms with E-state index in [9.17, 15) is 4.39 Å². The number of methoxy groups -OCH3 is 1. The zero-order chi connectivity index (χ0) is 6.69. The largest absolute Gasteiger partial charge is 0.380 e. The Bertz CT molecular complexity index is 93.8. The van der Waals surface area contributed by atoms with Gasteiger partial charge in [0.25, 0.3) is 0 Å². The number of nitrogens with one attached hydrogen (secondary N) is 1. The Hall–Kier alpha value is 0.140. The van der Waals surface area contributed by atoms with Crippen LogP contribution in [0.15, 0.2) is 0 Å². The molecule has 0 aromatic heterocycles. The van der Waals surface area contributed by atoms with Crippen molar-refractivity contribution < 1.29 is 9.13 Å². The fourth-order valence-electron chi connectivity index (χ4n) is 1.03. The summed E-state index contributed by atoms with van der Waals surface area (Å²) in [5.41, 5.74) is 0. The van der Waals surface area contributed by atoms with Crippen molar-refractivity contribution in [1.29, 1.82) is 0 Å². The van der Waals surface area contributed by atoms with E-state index >= 15 is 0 Å². The van der Waals surface area contributed by atoms with Gasteiger partial charge in [-0.25, -0.2) is 4.39 Å². The van der Waals surface area contributed by atoms with E-state index in [2.05, 4.69) is 5.32 Å². The summed E-state index contributed by atoms with van der Waals surface area (Å²) in [5.74, 6) is 0. The maximum atomic E-state index is 12.5. The summed E-state index contributed by atoms with van der Waals surface area (Å²) >= 11 is 0. The zero-order valence-electron chi connectivity index (χ0n) is 5.97. The molecule has 1 aliphatic rings. The molecule has 0 unspecified atom stereocenters. The average molecular weight is 170 g/mol. The second kappa shape index (κ2) is 4.88. The molecule has 62 valence electrons. The highest BCUT2D eigenvalue weighted by molar-refractivity contribution is 5.85. The summed E-state index contributed by atoms with van der Waals surface area (Å²) < 4.78 is 17.4. The second-order valence-electron chi connectivity index (χ2n) is 2.35. The minimum absolute atomic E-state index is 0. The smallest absolute Gasteiger partial charge is 0.115 e. The van der Waals surface area contributed by atoms with Gasteiger partial charge in [-0.3, -0.25) is 0 Å². The summed E-state index contributed by atoms with van der Waals surface area (Å²) in [6.07, 6.45) is -0.0961. The third kappa shape index (κ3) is 2.82. The van der Waals surface area contributed by atoms with Crippen LogP contribution in [-0.4, -0.2) is 32.5 Å². The van der Waals surface area contributed by atoms with Crippen molar-refractivity contribution in [2.24, 2.45) is 0 Å². The van der Waals surface area contributed by atoms with Gasteiger partial charge >= 0.3 is 0 Å². The van der Waals surface area contributed by atoms with Crippen LogP contribution in [0.5, 0.6) is 0 Å². The van der Waals surface area contributed by atoms with E-state index in [4.69, 9.17) is 4.74 Å². The van der Waals surface area contributed by atoms with Gasteiger partial charge in [-0.1, -0.05) is 0 Å². The van der Waals surface area contributed by atoms with Gasteiger partial charge in [0.1, 0.15) is 6.17 Å². The molecular formula is C6H13ClFNO. The SMILES string of the molecule is CO[C@@H]1CNC[C@@H](F)C1.Cl. The van der Waals surface area contributed by atoms with Crippen LogP contribution in [0.1, 0.15) is 6.42 Å². The molecule has 1 rings (SSSR count). The molecule has 0 saturated carbocycles. The molecule has 0 aliphatic carbocycles. The molecule has 1 aliphatic heterocycles. The monoisotopic (exact) mass is 169 g/mol. The van der Waals surface area contributed by atoms with Crippen LogP contribution in [0.3, 0.4) is 0 Å². The first kappa shape index (κ1) is 10.1. The molecule has 1 saturated heterocycles. The van der Waals surface area contributed by atoms with Crippen LogP contribution < -0.4 is 5.32 Å². The first-order valence-corrected chi connectivity index (χ1v) is 3.20. The normalized spacial score (nSPS) is 33.0. The third-order valence-corrected chi connectivity index (χ3v) is 1.59. The highest BCUT2D eigenvalue weighted by Crippen LogP contribution is 2.08. The van der Waals surface area contributed by atoms with Crippen molar-refractivity contribution in [3.8, 4) is 0 Å². The predicted octanol–water partition coefficient (Wildman–Crippen LogP) is 0.755. The molecule has 1 fully saturated rings. The molecular weight excluding hydrogens is 157 g/mol. The minimum atomic E-state index is -0.719. The van der Waals surface area contributed by atoms with E-state index in [-0.39, 0.29) is 18.5 Å². The average Bonchev–Trinajstić information content (AvgIpc) is 1.88. The van der Waals surface area contributed by atoms with Crippen molar-refractivity contribution in [1.82, 2.24) is 5.32 Å². The second-order valence-corrected chi connectivity index (χ2v) is 2.35. The number of piperidine rings is 1. The van der Waals surface area contributed by atoms with Crippen LogP contribution in [0.4, 0.5) is 4.39 Å². The summed E-state index contributed by atoms with van der Waals surface area (Å²) in [6.45, 7) is 1.27. The fourth-order valence-corrected chi connectivity index (χ4v) is 1.03. The Morgan fingerprint density at radius 3 is 2.60 bits per heavy atom. The molecule has 0 aromatic carbocycles. The van der Waals surface area contributed by atoms with Gasteiger partial charge in [0.05, 0.1) is 6.10 Å². The van der Waals surface area contributed by atoms with Crippen LogP contribution in [0, 0.1) is 0 Å². The number of alkyl halides is 1. The molecule has 4 heteroatoms. The number of halogens is 2. The lowest BCUT2D eigenvalue weighted by molar-refractivity contribution is 0.0514. The molecule has 0 spiro atoms. The van der Waals surface area contributed by atoms with Gasteiger partial charge < -0.3 is 10.1 Å².